The topological polar surface area (TPSA) is 62.3 Å². The van der Waals surface area contributed by atoms with Gasteiger partial charge in [-0.1, -0.05) is 24.4 Å². The number of aryl methyl sites for hydroxylation is 1. The first kappa shape index (κ1) is 17.7. The van der Waals surface area contributed by atoms with Crippen LogP contribution in [0.1, 0.15) is 49.2 Å². The Bertz CT molecular complexity index is 593. The molecule has 1 saturated heterocycles. The average molecular weight is 370 g/mol. The Hall–Kier alpha value is -1.14. The van der Waals surface area contributed by atoms with Crippen LogP contribution in [0, 0.1) is 12.8 Å². The number of hydrogen-bond donors (Lipinski definition) is 1. The first-order valence-electron chi connectivity index (χ1n) is 8.73. The molecule has 7 heteroatoms. The molecule has 1 aliphatic heterocycles. The van der Waals surface area contributed by atoms with E-state index in [0.717, 1.165) is 23.5 Å². The van der Waals surface area contributed by atoms with E-state index in [2.05, 4.69) is 10.3 Å². The van der Waals surface area contributed by atoms with E-state index in [1.165, 1.54) is 24.2 Å². The van der Waals surface area contributed by atoms with Crippen molar-refractivity contribution >= 4 is 34.8 Å². The van der Waals surface area contributed by atoms with Gasteiger partial charge in [-0.2, -0.15) is 0 Å². The number of rotatable bonds is 5. The number of carbonyl (C=O) groups is 2. The SMILES string of the molecule is Cc1nc(CCNC(=O)[C@H]2CCC(=O)N(C3CCCC3)C2)sc1Cl. The lowest BCUT2D eigenvalue weighted by molar-refractivity contribution is -0.140. The smallest absolute Gasteiger partial charge is 0.224 e. The van der Waals surface area contributed by atoms with Crippen LogP contribution >= 0.6 is 22.9 Å². The fraction of sp³-hybridized carbons (Fsp3) is 0.706. The Balaban J connectivity index is 1.48. The first-order chi connectivity index (χ1) is 11.5. The summed E-state index contributed by atoms with van der Waals surface area (Å²) in [5.41, 5.74) is 0.848. The van der Waals surface area contributed by atoms with E-state index in [-0.39, 0.29) is 17.7 Å². The summed E-state index contributed by atoms with van der Waals surface area (Å²) < 4.78 is 0.717. The highest BCUT2D eigenvalue weighted by atomic mass is 35.5. The molecule has 1 atom stereocenters. The third kappa shape index (κ3) is 4.09. The zero-order valence-electron chi connectivity index (χ0n) is 14.0. The molecule has 3 rings (SSSR count). The van der Waals surface area contributed by atoms with Crippen LogP contribution in [-0.2, 0) is 16.0 Å². The minimum absolute atomic E-state index is 0.0601. The Kier molecular flexibility index (Phi) is 5.76. The van der Waals surface area contributed by atoms with Crippen molar-refractivity contribution in [2.45, 2.75) is 57.9 Å². The highest BCUT2D eigenvalue weighted by Crippen LogP contribution is 2.29. The van der Waals surface area contributed by atoms with E-state index < -0.39 is 0 Å². The second-order valence-electron chi connectivity index (χ2n) is 6.73. The molecule has 132 valence electrons. The lowest BCUT2D eigenvalue weighted by Crippen LogP contribution is -2.49. The number of thiazole rings is 1. The van der Waals surface area contributed by atoms with Crippen LogP contribution in [0.15, 0.2) is 0 Å². The van der Waals surface area contributed by atoms with Gasteiger partial charge >= 0.3 is 0 Å². The van der Waals surface area contributed by atoms with Crippen LogP contribution in [0.5, 0.6) is 0 Å². The summed E-state index contributed by atoms with van der Waals surface area (Å²) in [4.78, 5) is 30.9. The molecule has 0 spiro atoms. The van der Waals surface area contributed by atoms with Gasteiger partial charge in [0, 0.05) is 32.0 Å². The third-order valence-corrected chi connectivity index (χ3v) is 6.51. The van der Waals surface area contributed by atoms with Crippen LogP contribution in [-0.4, -0.2) is 40.8 Å². The number of piperidine rings is 1. The molecule has 0 aromatic carbocycles. The standard InChI is InChI=1S/C17H24ClN3O2S/c1-11-16(18)24-14(20-11)8-9-19-17(23)12-6-7-15(22)21(10-12)13-4-2-3-5-13/h12-13H,2-10H2,1H3,(H,19,23)/t12-/m0/s1. The van der Waals surface area contributed by atoms with Crippen LogP contribution in [0.4, 0.5) is 0 Å². The number of aromatic nitrogens is 1. The van der Waals surface area contributed by atoms with Crippen molar-refractivity contribution < 1.29 is 9.59 Å². The number of nitrogens with zero attached hydrogens (tertiary/aromatic N) is 2. The molecule has 0 radical (unpaired) electrons. The van der Waals surface area contributed by atoms with Gasteiger partial charge in [-0.05, 0) is 26.2 Å². The minimum atomic E-state index is -0.0788. The van der Waals surface area contributed by atoms with E-state index in [0.29, 0.717) is 42.7 Å². The van der Waals surface area contributed by atoms with E-state index >= 15 is 0 Å². The predicted molar refractivity (Wildman–Crippen MR) is 95.3 cm³/mol. The zero-order valence-corrected chi connectivity index (χ0v) is 15.6. The van der Waals surface area contributed by atoms with Crippen molar-refractivity contribution in [2.24, 2.45) is 5.92 Å². The van der Waals surface area contributed by atoms with E-state index in [1.807, 2.05) is 11.8 Å². The number of amides is 2. The maximum atomic E-state index is 12.4. The van der Waals surface area contributed by atoms with Gasteiger partial charge in [0.25, 0.3) is 0 Å². The molecule has 2 heterocycles. The summed E-state index contributed by atoms with van der Waals surface area (Å²) in [6, 6.07) is 0.355. The zero-order chi connectivity index (χ0) is 17.1. The van der Waals surface area contributed by atoms with Crippen molar-refractivity contribution in [1.82, 2.24) is 15.2 Å². The molecule has 2 aliphatic rings. The molecular weight excluding hydrogens is 346 g/mol. The number of hydrogen-bond acceptors (Lipinski definition) is 4. The van der Waals surface area contributed by atoms with E-state index in [1.54, 1.807) is 0 Å². The Morgan fingerprint density at radius 3 is 2.79 bits per heavy atom. The third-order valence-electron chi connectivity index (χ3n) is 5.00. The molecule has 24 heavy (non-hydrogen) atoms. The molecule has 5 nitrogen and oxygen atoms in total. The summed E-state index contributed by atoms with van der Waals surface area (Å²) in [6.45, 7) is 3.03. The molecule has 1 aromatic rings. The van der Waals surface area contributed by atoms with Gasteiger partial charge in [-0.25, -0.2) is 4.98 Å². The van der Waals surface area contributed by atoms with Gasteiger partial charge in [0.15, 0.2) is 0 Å². The predicted octanol–water partition coefficient (Wildman–Crippen LogP) is 2.94. The molecular formula is C17H24ClN3O2S. The van der Waals surface area contributed by atoms with Gasteiger partial charge in [-0.15, -0.1) is 11.3 Å². The van der Waals surface area contributed by atoms with E-state index in [9.17, 15) is 9.59 Å². The van der Waals surface area contributed by atoms with Crippen LogP contribution in [0.2, 0.25) is 4.34 Å². The summed E-state index contributed by atoms with van der Waals surface area (Å²) in [5.74, 6) is 0.202. The number of nitrogens with one attached hydrogen (secondary N) is 1. The van der Waals surface area contributed by atoms with Crippen LogP contribution in [0.3, 0.4) is 0 Å². The maximum Gasteiger partial charge on any atom is 0.224 e. The molecule has 2 fully saturated rings. The average Bonchev–Trinajstić information content (AvgIpc) is 3.18. The quantitative estimate of drug-likeness (QED) is 0.867. The van der Waals surface area contributed by atoms with E-state index in [4.69, 9.17) is 11.6 Å². The summed E-state index contributed by atoms with van der Waals surface area (Å²) in [5, 5.41) is 3.95. The van der Waals surface area contributed by atoms with Crippen molar-refractivity contribution in [2.75, 3.05) is 13.1 Å². The highest BCUT2D eigenvalue weighted by Gasteiger charge is 2.34. The molecule has 1 aromatic heterocycles. The van der Waals surface area contributed by atoms with Crippen molar-refractivity contribution in [3.05, 3.63) is 15.0 Å². The van der Waals surface area contributed by atoms with Crippen LogP contribution < -0.4 is 5.32 Å². The minimum Gasteiger partial charge on any atom is -0.355 e. The van der Waals surface area contributed by atoms with Gasteiger partial charge in [0.05, 0.1) is 16.6 Å². The first-order valence-corrected chi connectivity index (χ1v) is 9.93. The Labute approximate surface area is 151 Å². The number of carbonyl (C=O) groups excluding carboxylic acids is 2. The fourth-order valence-electron chi connectivity index (χ4n) is 3.63. The largest absolute Gasteiger partial charge is 0.355 e. The molecule has 0 bridgehead atoms. The maximum absolute atomic E-state index is 12.4. The van der Waals surface area contributed by atoms with Crippen molar-refractivity contribution in [3.63, 3.8) is 0 Å². The number of halogens is 1. The molecule has 1 aliphatic carbocycles. The lowest BCUT2D eigenvalue weighted by atomic mass is 9.95. The molecule has 1 saturated carbocycles. The van der Waals surface area contributed by atoms with Gasteiger partial charge in [-0.3, -0.25) is 9.59 Å². The number of likely N-dealkylation sites (tertiary alicyclic amines) is 1. The fourth-order valence-corrected chi connectivity index (χ4v) is 4.73. The van der Waals surface area contributed by atoms with Gasteiger partial charge < -0.3 is 10.2 Å². The molecule has 2 amide bonds. The molecule has 0 unspecified atom stereocenters. The highest BCUT2D eigenvalue weighted by molar-refractivity contribution is 7.16. The normalized spacial score (nSPS) is 22.2. The van der Waals surface area contributed by atoms with Crippen molar-refractivity contribution in [3.8, 4) is 0 Å². The summed E-state index contributed by atoms with van der Waals surface area (Å²) in [6.07, 6.45) is 6.42. The second-order valence-corrected chi connectivity index (χ2v) is 8.41. The van der Waals surface area contributed by atoms with Gasteiger partial charge in [0.2, 0.25) is 11.8 Å². The molecule has 1 N–H and O–H groups in total. The Morgan fingerprint density at radius 2 is 2.12 bits per heavy atom. The Morgan fingerprint density at radius 1 is 1.38 bits per heavy atom. The summed E-state index contributed by atoms with van der Waals surface area (Å²) >= 11 is 7.48. The monoisotopic (exact) mass is 369 g/mol. The summed E-state index contributed by atoms with van der Waals surface area (Å²) in [7, 11) is 0. The van der Waals surface area contributed by atoms with Gasteiger partial charge in [0.1, 0.15) is 4.34 Å². The second kappa shape index (κ2) is 7.83. The van der Waals surface area contributed by atoms with Crippen LogP contribution in [0.25, 0.3) is 0 Å². The van der Waals surface area contributed by atoms with Crippen molar-refractivity contribution in [1.29, 1.82) is 0 Å². The lowest BCUT2D eigenvalue weighted by Gasteiger charge is -2.36.